The van der Waals surface area contributed by atoms with Crippen molar-refractivity contribution in [2.24, 2.45) is 7.05 Å². The molecule has 2 rings (SSSR count). The maximum atomic E-state index is 10.9. The van der Waals surface area contributed by atoms with Crippen LogP contribution >= 0.6 is 0 Å². The smallest absolute Gasteiger partial charge is 0.154 e. The molecule has 2 aromatic heterocycles. The van der Waals surface area contributed by atoms with Crippen molar-refractivity contribution in [2.45, 2.75) is 6.42 Å². The number of imidazole rings is 1. The third kappa shape index (κ3) is 2.82. The molecule has 6 heteroatoms. The van der Waals surface area contributed by atoms with E-state index in [1.54, 1.807) is 18.8 Å². The minimum Gasteiger partial charge on any atom is -0.368 e. The van der Waals surface area contributed by atoms with Crippen LogP contribution in [0.5, 0.6) is 0 Å². The van der Waals surface area contributed by atoms with Crippen molar-refractivity contribution < 1.29 is 4.21 Å². The second-order valence-electron chi connectivity index (χ2n) is 3.94. The third-order valence-electron chi connectivity index (χ3n) is 2.54. The summed E-state index contributed by atoms with van der Waals surface area (Å²) < 4.78 is 12.9. The largest absolute Gasteiger partial charge is 0.368 e. The predicted octanol–water partition coefficient (Wildman–Crippen LogP) is 1.15. The molecule has 0 aliphatic rings. The SMILES string of the molecule is Cn1cnc2c(NCCCS(C)=O)nccc21. The summed E-state index contributed by atoms with van der Waals surface area (Å²) in [6.07, 6.45) is 6.13. The van der Waals surface area contributed by atoms with E-state index in [4.69, 9.17) is 0 Å². The topological polar surface area (TPSA) is 59.8 Å². The molecule has 5 nitrogen and oxygen atoms in total. The highest BCUT2D eigenvalue weighted by Gasteiger charge is 2.05. The van der Waals surface area contributed by atoms with E-state index in [0.717, 1.165) is 29.8 Å². The van der Waals surface area contributed by atoms with Crippen LogP contribution in [0.25, 0.3) is 11.0 Å². The zero-order chi connectivity index (χ0) is 12.3. The van der Waals surface area contributed by atoms with Crippen molar-refractivity contribution in [1.82, 2.24) is 14.5 Å². The zero-order valence-corrected chi connectivity index (χ0v) is 10.8. The van der Waals surface area contributed by atoms with E-state index in [0.29, 0.717) is 5.75 Å². The molecule has 0 aliphatic heterocycles. The third-order valence-corrected chi connectivity index (χ3v) is 3.41. The first-order valence-electron chi connectivity index (χ1n) is 5.48. The van der Waals surface area contributed by atoms with E-state index >= 15 is 0 Å². The van der Waals surface area contributed by atoms with Gasteiger partial charge in [0.05, 0.1) is 11.8 Å². The van der Waals surface area contributed by atoms with Crippen LogP contribution in [-0.4, -0.2) is 37.3 Å². The normalized spacial score (nSPS) is 12.8. The summed E-state index contributed by atoms with van der Waals surface area (Å²) in [5, 5.41) is 3.23. The molecule has 0 radical (unpaired) electrons. The van der Waals surface area contributed by atoms with E-state index in [-0.39, 0.29) is 0 Å². The van der Waals surface area contributed by atoms with Crippen molar-refractivity contribution in [3.8, 4) is 0 Å². The van der Waals surface area contributed by atoms with E-state index in [2.05, 4.69) is 15.3 Å². The van der Waals surface area contributed by atoms with Gasteiger partial charge in [-0.15, -0.1) is 0 Å². The molecule has 0 saturated carbocycles. The van der Waals surface area contributed by atoms with Crippen molar-refractivity contribution in [3.05, 3.63) is 18.6 Å². The maximum absolute atomic E-state index is 10.9. The molecule has 92 valence electrons. The molecule has 1 unspecified atom stereocenters. The number of anilines is 1. The molecule has 0 amide bonds. The number of nitrogens with zero attached hydrogens (tertiary/aromatic N) is 3. The van der Waals surface area contributed by atoms with Gasteiger partial charge in [0, 0.05) is 42.6 Å². The van der Waals surface area contributed by atoms with Crippen molar-refractivity contribution in [3.63, 3.8) is 0 Å². The molecular formula is C11H16N4OS. The van der Waals surface area contributed by atoms with Crippen LogP contribution in [0.3, 0.4) is 0 Å². The van der Waals surface area contributed by atoms with Gasteiger partial charge in [0.1, 0.15) is 5.52 Å². The van der Waals surface area contributed by atoms with E-state index < -0.39 is 10.8 Å². The van der Waals surface area contributed by atoms with Crippen LogP contribution in [0.1, 0.15) is 6.42 Å². The monoisotopic (exact) mass is 252 g/mol. The fourth-order valence-electron chi connectivity index (χ4n) is 1.67. The first kappa shape index (κ1) is 12.0. The average Bonchev–Trinajstić information content (AvgIpc) is 2.67. The summed E-state index contributed by atoms with van der Waals surface area (Å²) >= 11 is 0. The molecule has 0 fully saturated rings. The number of aryl methyl sites for hydroxylation is 1. The van der Waals surface area contributed by atoms with Crippen molar-refractivity contribution >= 4 is 27.7 Å². The van der Waals surface area contributed by atoms with Crippen LogP contribution in [0, 0.1) is 0 Å². The summed E-state index contributed by atoms with van der Waals surface area (Å²) in [5.41, 5.74) is 1.94. The summed E-state index contributed by atoms with van der Waals surface area (Å²) in [5.74, 6) is 1.51. The first-order chi connectivity index (χ1) is 8.18. The van der Waals surface area contributed by atoms with Gasteiger partial charge in [-0.25, -0.2) is 9.97 Å². The Labute approximate surface area is 103 Å². The summed E-state index contributed by atoms with van der Waals surface area (Å²) in [7, 11) is 1.23. The van der Waals surface area contributed by atoms with E-state index in [1.807, 2.05) is 17.7 Å². The Morgan fingerprint density at radius 1 is 1.47 bits per heavy atom. The number of pyridine rings is 1. The molecule has 2 aromatic rings. The van der Waals surface area contributed by atoms with Crippen molar-refractivity contribution in [2.75, 3.05) is 23.9 Å². The summed E-state index contributed by atoms with van der Waals surface area (Å²) in [4.78, 5) is 8.58. The number of aromatic nitrogens is 3. The Bertz CT molecular complexity index is 537. The number of fused-ring (bicyclic) bond motifs is 1. The molecule has 0 aliphatic carbocycles. The van der Waals surface area contributed by atoms with Crippen LogP contribution < -0.4 is 5.32 Å². The second kappa shape index (κ2) is 5.27. The van der Waals surface area contributed by atoms with E-state index in [1.165, 1.54) is 0 Å². The molecule has 1 N–H and O–H groups in total. The Hall–Kier alpha value is -1.43. The predicted molar refractivity (Wildman–Crippen MR) is 70.5 cm³/mol. The minimum atomic E-state index is -0.727. The molecule has 0 saturated heterocycles. The standard InChI is InChI=1S/C11H16N4OS/c1-15-8-14-10-9(15)4-6-13-11(10)12-5-3-7-17(2)16/h4,6,8H,3,5,7H2,1-2H3,(H,12,13). The van der Waals surface area contributed by atoms with Crippen LogP contribution in [0.2, 0.25) is 0 Å². The van der Waals surface area contributed by atoms with Gasteiger partial charge < -0.3 is 9.88 Å². The fourth-order valence-corrected chi connectivity index (χ4v) is 2.22. The lowest BCUT2D eigenvalue weighted by atomic mass is 10.3. The Morgan fingerprint density at radius 3 is 3.06 bits per heavy atom. The number of nitrogens with one attached hydrogen (secondary N) is 1. The zero-order valence-electron chi connectivity index (χ0n) is 10.0. The highest BCUT2D eigenvalue weighted by molar-refractivity contribution is 7.84. The fraction of sp³-hybridized carbons (Fsp3) is 0.455. The van der Waals surface area contributed by atoms with Gasteiger partial charge >= 0.3 is 0 Å². The Balaban J connectivity index is 2.06. The lowest BCUT2D eigenvalue weighted by Gasteiger charge is -2.05. The lowest BCUT2D eigenvalue weighted by molar-refractivity contribution is 0.685. The second-order valence-corrected chi connectivity index (χ2v) is 5.50. The number of hydrogen-bond donors (Lipinski definition) is 1. The average molecular weight is 252 g/mol. The van der Waals surface area contributed by atoms with Gasteiger partial charge in [0.15, 0.2) is 5.82 Å². The van der Waals surface area contributed by atoms with Gasteiger partial charge in [0.2, 0.25) is 0 Å². The van der Waals surface area contributed by atoms with Gasteiger partial charge in [-0.05, 0) is 12.5 Å². The van der Waals surface area contributed by atoms with Gasteiger partial charge in [-0.2, -0.15) is 0 Å². The molecule has 0 bridgehead atoms. The molecule has 2 heterocycles. The summed E-state index contributed by atoms with van der Waals surface area (Å²) in [6.45, 7) is 0.766. The van der Waals surface area contributed by atoms with Crippen LogP contribution in [-0.2, 0) is 17.8 Å². The number of rotatable bonds is 5. The van der Waals surface area contributed by atoms with Gasteiger partial charge in [0.25, 0.3) is 0 Å². The highest BCUT2D eigenvalue weighted by atomic mass is 32.2. The minimum absolute atomic E-state index is 0.713. The van der Waals surface area contributed by atoms with Crippen LogP contribution in [0.4, 0.5) is 5.82 Å². The summed E-state index contributed by atoms with van der Waals surface area (Å²) in [6, 6.07) is 1.94. The maximum Gasteiger partial charge on any atom is 0.154 e. The Morgan fingerprint density at radius 2 is 2.29 bits per heavy atom. The van der Waals surface area contributed by atoms with Gasteiger partial charge in [-0.1, -0.05) is 0 Å². The molecule has 17 heavy (non-hydrogen) atoms. The molecule has 1 atom stereocenters. The molecular weight excluding hydrogens is 236 g/mol. The first-order valence-corrected chi connectivity index (χ1v) is 7.21. The number of hydrogen-bond acceptors (Lipinski definition) is 4. The van der Waals surface area contributed by atoms with E-state index in [9.17, 15) is 4.21 Å². The Kier molecular flexibility index (Phi) is 3.73. The van der Waals surface area contributed by atoms with Crippen molar-refractivity contribution in [1.29, 1.82) is 0 Å². The molecule has 0 spiro atoms. The molecule has 0 aromatic carbocycles. The quantitative estimate of drug-likeness (QED) is 0.811. The lowest BCUT2D eigenvalue weighted by Crippen LogP contribution is -2.07. The highest BCUT2D eigenvalue weighted by Crippen LogP contribution is 2.18. The van der Waals surface area contributed by atoms with Gasteiger partial charge in [-0.3, -0.25) is 4.21 Å². The van der Waals surface area contributed by atoms with Crippen LogP contribution in [0.15, 0.2) is 18.6 Å².